The quantitative estimate of drug-likeness (QED) is 0.0222. The lowest BCUT2D eigenvalue weighted by molar-refractivity contribution is -0.161. The number of aliphatic hydroxyl groups excluding tert-OH is 1. The molecule has 0 amide bonds. The van der Waals surface area contributed by atoms with Crippen LogP contribution in [0.1, 0.15) is 318 Å². The zero-order valence-electron chi connectivity index (χ0n) is 53.5. The first-order valence-corrected chi connectivity index (χ1v) is 36.5. The average Bonchev–Trinajstić information content (AvgIpc) is 3.44. The zero-order valence-corrected chi connectivity index (χ0v) is 55.3. The third-order valence-corrected chi connectivity index (χ3v) is 16.6. The van der Waals surface area contributed by atoms with Gasteiger partial charge in [0.1, 0.15) is 19.3 Å². The van der Waals surface area contributed by atoms with Gasteiger partial charge in [0.25, 0.3) is 0 Å². The number of hydrogen-bond donors (Lipinski definition) is 3. The second-order valence-corrected chi connectivity index (χ2v) is 27.0. The second kappa shape index (κ2) is 56.6. The van der Waals surface area contributed by atoms with E-state index in [0.29, 0.717) is 25.7 Å². The van der Waals surface area contributed by atoms with Gasteiger partial charge in [0.15, 0.2) is 12.2 Å². The Kier molecular flexibility index (Phi) is 55.2. The fourth-order valence-electron chi connectivity index (χ4n) is 9.53. The van der Waals surface area contributed by atoms with E-state index in [4.69, 9.17) is 37.0 Å². The van der Waals surface area contributed by atoms with Gasteiger partial charge in [-0.3, -0.25) is 37.3 Å². The van der Waals surface area contributed by atoms with E-state index in [2.05, 4.69) is 41.5 Å². The molecule has 5 atom stereocenters. The molecule has 83 heavy (non-hydrogen) atoms. The van der Waals surface area contributed by atoms with Crippen molar-refractivity contribution in [2.75, 3.05) is 39.6 Å². The molecule has 0 aromatic heterocycles. The summed E-state index contributed by atoms with van der Waals surface area (Å²) in [6.45, 7) is 9.42. The van der Waals surface area contributed by atoms with Crippen molar-refractivity contribution in [3.63, 3.8) is 0 Å². The number of rotatable bonds is 63. The topological polar surface area (TPSA) is 237 Å². The molecule has 0 saturated carbocycles. The number of phosphoric ester groups is 2. The number of unbranched alkanes of at least 4 members (excludes halogenated alkanes) is 33. The molecule has 17 nitrogen and oxygen atoms in total. The first-order chi connectivity index (χ1) is 39.9. The van der Waals surface area contributed by atoms with Gasteiger partial charge < -0.3 is 33.8 Å². The number of carbonyl (C=O) groups excluding carboxylic acids is 4. The van der Waals surface area contributed by atoms with Crippen molar-refractivity contribution in [1.82, 2.24) is 0 Å². The Labute approximate surface area is 505 Å². The molecule has 0 aromatic rings. The van der Waals surface area contributed by atoms with Gasteiger partial charge in [-0.15, -0.1) is 0 Å². The fraction of sp³-hybridized carbons (Fsp3) is 0.938. The summed E-state index contributed by atoms with van der Waals surface area (Å²) in [6, 6.07) is 0. The van der Waals surface area contributed by atoms with Crippen LogP contribution in [0.3, 0.4) is 0 Å². The fourth-order valence-corrected chi connectivity index (χ4v) is 11.1. The van der Waals surface area contributed by atoms with Gasteiger partial charge in [0, 0.05) is 25.7 Å². The SMILES string of the molecule is CCCCCCCCCC(=O)OC[C@H](COP(=O)(O)OC[C@H](O)COP(=O)(O)OC[C@@H](COC(=O)CCCCCCCCCCCCC(C)C)OC(=O)CCCCCCCCCCCCCCCC(C)C)OC(=O)CCCCCCCCC. The van der Waals surface area contributed by atoms with E-state index < -0.39 is 97.5 Å². The zero-order chi connectivity index (χ0) is 61.5. The highest BCUT2D eigenvalue weighted by molar-refractivity contribution is 7.47. The number of hydrogen-bond acceptors (Lipinski definition) is 15. The van der Waals surface area contributed by atoms with Gasteiger partial charge >= 0.3 is 39.5 Å². The van der Waals surface area contributed by atoms with E-state index in [-0.39, 0.29) is 25.7 Å². The molecule has 2 unspecified atom stereocenters. The molecule has 0 aliphatic rings. The molecule has 0 rings (SSSR count). The molecule has 0 saturated heterocycles. The van der Waals surface area contributed by atoms with Crippen LogP contribution in [0.4, 0.5) is 0 Å². The van der Waals surface area contributed by atoms with E-state index in [9.17, 15) is 43.2 Å². The molecule has 0 aliphatic heterocycles. The van der Waals surface area contributed by atoms with Gasteiger partial charge in [0.2, 0.25) is 0 Å². The summed E-state index contributed by atoms with van der Waals surface area (Å²) in [7, 11) is -9.88. The highest BCUT2D eigenvalue weighted by atomic mass is 31.2. The van der Waals surface area contributed by atoms with Gasteiger partial charge in [0.05, 0.1) is 26.4 Å². The summed E-state index contributed by atoms with van der Waals surface area (Å²) in [6.07, 6.45) is 39.2. The average molecular weight is 1230 g/mol. The predicted molar refractivity (Wildman–Crippen MR) is 331 cm³/mol. The Balaban J connectivity index is 5.18. The first kappa shape index (κ1) is 81.1. The summed E-state index contributed by atoms with van der Waals surface area (Å²) in [4.78, 5) is 72.0. The number of esters is 4. The van der Waals surface area contributed by atoms with Crippen LogP contribution in [-0.2, 0) is 65.4 Å². The molecule has 0 aromatic carbocycles. The van der Waals surface area contributed by atoms with Crippen molar-refractivity contribution in [3.05, 3.63) is 0 Å². The van der Waals surface area contributed by atoms with Crippen LogP contribution in [-0.4, -0.2) is 96.7 Å². The van der Waals surface area contributed by atoms with Gasteiger partial charge in [-0.05, 0) is 37.5 Å². The van der Waals surface area contributed by atoms with E-state index in [0.717, 1.165) is 127 Å². The molecular weight excluding hydrogens is 1100 g/mol. The lowest BCUT2D eigenvalue weighted by Gasteiger charge is -2.21. The smallest absolute Gasteiger partial charge is 0.462 e. The Morgan fingerprint density at radius 2 is 0.554 bits per heavy atom. The molecule has 0 heterocycles. The van der Waals surface area contributed by atoms with Crippen LogP contribution in [0.2, 0.25) is 0 Å². The van der Waals surface area contributed by atoms with Crippen molar-refractivity contribution < 1.29 is 80.2 Å². The Morgan fingerprint density at radius 3 is 0.819 bits per heavy atom. The summed E-state index contributed by atoms with van der Waals surface area (Å²) in [5.74, 6) is -0.597. The molecule has 492 valence electrons. The molecule has 0 radical (unpaired) electrons. The van der Waals surface area contributed by atoms with Crippen molar-refractivity contribution >= 4 is 39.5 Å². The standard InChI is InChI=1S/C64H124O17P2/c1-7-9-11-13-26-34-40-46-61(66)74-52-59(80-63(68)48-42-36-27-14-12-10-8-2)54-78-82(70,71)76-50-58(65)51-77-83(72,73)79-55-60(53-75-62(67)47-41-35-30-24-21-20-23-29-33-39-45-57(5)6)81-64(69)49-43-37-31-25-19-17-15-16-18-22-28-32-38-44-56(3)4/h56-60,65H,7-55H2,1-6H3,(H,70,71)(H,72,73)/t58-,59+,60+/m0/s1. The lowest BCUT2D eigenvalue weighted by Crippen LogP contribution is -2.30. The molecule has 0 aliphatic carbocycles. The van der Waals surface area contributed by atoms with Crippen LogP contribution >= 0.6 is 15.6 Å². The summed E-state index contributed by atoms with van der Waals surface area (Å²) in [5.41, 5.74) is 0. The first-order valence-electron chi connectivity index (χ1n) is 33.5. The molecule has 0 bridgehead atoms. The van der Waals surface area contributed by atoms with Crippen molar-refractivity contribution in [3.8, 4) is 0 Å². The molecule has 0 spiro atoms. The monoisotopic (exact) mass is 1230 g/mol. The minimum Gasteiger partial charge on any atom is -0.462 e. The van der Waals surface area contributed by atoms with Crippen LogP contribution in [0.5, 0.6) is 0 Å². The summed E-state index contributed by atoms with van der Waals surface area (Å²) < 4.78 is 67.8. The predicted octanol–water partition coefficient (Wildman–Crippen LogP) is 17.7. The number of carbonyl (C=O) groups is 4. The third-order valence-electron chi connectivity index (χ3n) is 14.7. The lowest BCUT2D eigenvalue weighted by atomic mass is 10.0. The van der Waals surface area contributed by atoms with Crippen LogP contribution < -0.4 is 0 Å². The normalized spacial score (nSPS) is 14.3. The summed E-state index contributed by atoms with van der Waals surface area (Å²) in [5, 5.41) is 10.5. The minimum absolute atomic E-state index is 0.103. The maximum atomic E-state index is 13.0. The van der Waals surface area contributed by atoms with Crippen LogP contribution in [0, 0.1) is 11.8 Å². The Hall–Kier alpha value is -1.94. The van der Waals surface area contributed by atoms with Gasteiger partial charge in [-0.1, -0.05) is 266 Å². The van der Waals surface area contributed by atoms with Crippen LogP contribution in [0.25, 0.3) is 0 Å². The Bertz CT molecular complexity index is 1630. The van der Waals surface area contributed by atoms with E-state index in [1.54, 1.807) is 0 Å². The number of aliphatic hydroxyl groups is 1. The highest BCUT2D eigenvalue weighted by Crippen LogP contribution is 2.45. The van der Waals surface area contributed by atoms with E-state index >= 15 is 0 Å². The minimum atomic E-state index is -4.94. The van der Waals surface area contributed by atoms with Crippen molar-refractivity contribution in [1.29, 1.82) is 0 Å². The highest BCUT2D eigenvalue weighted by Gasteiger charge is 2.30. The van der Waals surface area contributed by atoms with Gasteiger partial charge in [-0.2, -0.15) is 0 Å². The maximum absolute atomic E-state index is 13.0. The van der Waals surface area contributed by atoms with E-state index in [1.165, 1.54) is 109 Å². The maximum Gasteiger partial charge on any atom is 0.472 e. The third kappa shape index (κ3) is 58.8. The van der Waals surface area contributed by atoms with Crippen molar-refractivity contribution in [2.45, 2.75) is 336 Å². The number of phosphoric acid groups is 2. The van der Waals surface area contributed by atoms with Gasteiger partial charge in [-0.25, -0.2) is 9.13 Å². The largest absolute Gasteiger partial charge is 0.472 e. The second-order valence-electron chi connectivity index (χ2n) is 24.1. The molecular formula is C64H124O17P2. The van der Waals surface area contributed by atoms with Crippen molar-refractivity contribution in [2.24, 2.45) is 11.8 Å². The van der Waals surface area contributed by atoms with Crippen LogP contribution in [0.15, 0.2) is 0 Å². The Morgan fingerprint density at radius 1 is 0.325 bits per heavy atom. The number of ether oxygens (including phenoxy) is 4. The molecule has 19 heteroatoms. The molecule has 3 N–H and O–H groups in total. The molecule has 0 fully saturated rings. The summed E-state index contributed by atoms with van der Waals surface area (Å²) >= 11 is 0. The van der Waals surface area contributed by atoms with E-state index in [1.807, 2.05) is 0 Å².